The van der Waals surface area contributed by atoms with Gasteiger partial charge in [-0.15, -0.1) is 12.4 Å². The lowest BCUT2D eigenvalue weighted by molar-refractivity contribution is -0.122. The highest BCUT2D eigenvalue weighted by molar-refractivity contribution is 7.89. The normalized spacial score (nSPS) is 17.4. The maximum atomic E-state index is 12.4. The molecule has 8 heteroatoms. The van der Waals surface area contributed by atoms with Gasteiger partial charge >= 0.3 is 0 Å². The van der Waals surface area contributed by atoms with Gasteiger partial charge in [-0.2, -0.15) is 0 Å². The van der Waals surface area contributed by atoms with Crippen molar-refractivity contribution in [2.24, 2.45) is 5.73 Å². The Morgan fingerprint density at radius 2 is 1.83 bits per heavy atom. The Bertz CT molecular complexity index is 656. The SMILES string of the molecule is CN(C)S(=O)(=O)c1cccc(NC(=O)C2(N)CCCCC2)c1.Cl. The van der Waals surface area contributed by atoms with Gasteiger partial charge in [-0.05, 0) is 31.0 Å². The molecule has 0 spiro atoms. The van der Waals surface area contributed by atoms with Crippen molar-refractivity contribution < 1.29 is 13.2 Å². The van der Waals surface area contributed by atoms with Crippen LogP contribution in [0.5, 0.6) is 0 Å². The first-order valence-corrected chi connectivity index (χ1v) is 8.83. The summed E-state index contributed by atoms with van der Waals surface area (Å²) in [6, 6.07) is 6.23. The van der Waals surface area contributed by atoms with Gasteiger partial charge in [0.15, 0.2) is 0 Å². The van der Waals surface area contributed by atoms with Gasteiger partial charge in [0, 0.05) is 19.8 Å². The monoisotopic (exact) mass is 361 g/mol. The molecule has 1 aromatic rings. The van der Waals surface area contributed by atoms with Crippen molar-refractivity contribution in [3.63, 3.8) is 0 Å². The van der Waals surface area contributed by atoms with Crippen LogP contribution >= 0.6 is 12.4 Å². The van der Waals surface area contributed by atoms with Crippen LogP contribution < -0.4 is 11.1 Å². The summed E-state index contributed by atoms with van der Waals surface area (Å²) in [7, 11) is -0.585. The van der Waals surface area contributed by atoms with Gasteiger partial charge in [0.1, 0.15) is 0 Å². The van der Waals surface area contributed by atoms with Gasteiger partial charge in [0.2, 0.25) is 15.9 Å². The van der Waals surface area contributed by atoms with Crippen LogP contribution in [-0.2, 0) is 14.8 Å². The lowest BCUT2D eigenvalue weighted by atomic mass is 9.82. The van der Waals surface area contributed by atoms with E-state index in [1.165, 1.54) is 26.2 Å². The number of benzene rings is 1. The first-order valence-electron chi connectivity index (χ1n) is 7.39. The fourth-order valence-electron chi connectivity index (χ4n) is 2.61. The number of hydrogen-bond donors (Lipinski definition) is 2. The number of anilines is 1. The lowest BCUT2D eigenvalue weighted by Gasteiger charge is -2.31. The van der Waals surface area contributed by atoms with E-state index in [1.807, 2.05) is 0 Å². The van der Waals surface area contributed by atoms with Gasteiger partial charge < -0.3 is 11.1 Å². The number of carbonyl (C=O) groups is 1. The average molecular weight is 362 g/mol. The molecule has 0 radical (unpaired) electrons. The Balaban J connectivity index is 0.00000264. The van der Waals surface area contributed by atoms with E-state index in [9.17, 15) is 13.2 Å². The second-order valence-corrected chi connectivity index (χ2v) is 8.14. The zero-order chi connectivity index (χ0) is 16.4. The summed E-state index contributed by atoms with van der Waals surface area (Å²) >= 11 is 0. The predicted molar refractivity (Wildman–Crippen MR) is 93.2 cm³/mol. The molecule has 0 aromatic heterocycles. The highest BCUT2D eigenvalue weighted by Crippen LogP contribution is 2.27. The molecule has 2 rings (SSSR count). The molecule has 0 unspecified atom stereocenters. The van der Waals surface area contributed by atoms with Crippen LogP contribution in [0, 0.1) is 0 Å². The number of carbonyl (C=O) groups excluding carboxylic acids is 1. The quantitative estimate of drug-likeness (QED) is 0.857. The highest BCUT2D eigenvalue weighted by atomic mass is 35.5. The van der Waals surface area contributed by atoms with Crippen LogP contribution in [0.3, 0.4) is 0 Å². The van der Waals surface area contributed by atoms with Crippen LogP contribution in [0.15, 0.2) is 29.2 Å². The van der Waals surface area contributed by atoms with Gasteiger partial charge in [0.05, 0.1) is 10.4 Å². The second-order valence-electron chi connectivity index (χ2n) is 5.99. The van der Waals surface area contributed by atoms with E-state index in [2.05, 4.69) is 5.32 Å². The van der Waals surface area contributed by atoms with Crippen molar-refractivity contribution >= 4 is 34.0 Å². The standard InChI is InChI=1S/C15H23N3O3S.ClH/c1-18(2)22(20,21)13-8-6-7-12(11-13)17-14(19)15(16)9-4-3-5-10-15;/h6-8,11H,3-5,9-10,16H2,1-2H3,(H,17,19);1H. The summed E-state index contributed by atoms with van der Waals surface area (Å²) in [6.45, 7) is 0. The Labute approximate surface area is 143 Å². The summed E-state index contributed by atoms with van der Waals surface area (Å²) in [5, 5.41) is 2.76. The summed E-state index contributed by atoms with van der Waals surface area (Å²) in [5.74, 6) is -0.244. The summed E-state index contributed by atoms with van der Waals surface area (Å²) in [5.41, 5.74) is 5.78. The van der Waals surface area contributed by atoms with Crippen LogP contribution in [0.2, 0.25) is 0 Å². The molecule has 1 saturated carbocycles. The summed E-state index contributed by atoms with van der Waals surface area (Å²) < 4.78 is 25.4. The molecule has 1 amide bonds. The molecule has 0 aliphatic heterocycles. The Hall–Kier alpha value is -1.15. The summed E-state index contributed by atoms with van der Waals surface area (Å²) in [4.78, 5) is 12.5. The van der Waals surface area contributed by atoms with Crippen molar-refractivity contribution in [3.05, 3.63) is 24.3 Å². The maximum Gasteiger partial charge on any atom is 0.244 e. The molecule has 1 aliphatic rings. The smallest absolute Gasteiger partial charge is 0.244 e. The van der Waals surface area contributed by atoms with Crippen molar-refractivity contribution in [2.75, 3.05) is 19.4 Å². The van der Waals surface area contributed by atoms with Crippen molar-refractivity contribution in [3.8, 4) is 0 Å². The Morgan fingerprint density at radius 3 is 2.39 bits per heavy atom. The molecule has 1 fully saturated rings. The number of nitrogens with zero attached hydrogens (tertiary/aromatic N) is 1. The highest BCUT2D eigenvalue weighted by Gasteiger charge is 2.35. The van der Waals surface area contributed by atoms with Crippen molar-refractivity contribution in [2.45, 2.75) is 42.5 Å². The van der Waals surface area contributed by atoms with Crippen molar-refractivity contribution in [1.29, 1.82) is 0 Å². The van der Waals surface area contributed by atoms with Gasteiger partial charge in [-0.25, -0.2) is 12.7 Å². The van der Waals surface area contributed by atoms with E-state index in [4.69, 9.17) is 5.73 Å². The molecule has 23 heavy (non-hydrogen) atoms. The van der Waals surface area contributed by atoms with E-state index >= 15 is 0 Å². The van der Waals surface area contributed by atoms with E-state index in [1.54, 1.807) is 12.1 Å². The first kappa shape index (κ1) is 19.9. The minimum atomic E-state index is -3.52. The molecule has 3 N–H and O–H groups in total. The molecule has 130 valence electrons. The minimum Gasteiger partial charge on any atom is -0.324 e. The second kappa shape index (κ2) is 7.61. The third-order valence-electron chi connectivity index (χ3n) is 4.07. The van der Waals surface area contributed by atoms with E-state index < -0.39 is 15.6 Å². The van der Waals surface area contributed by atoms with Gasteiger partial charge in [0.25, 0.3) is 0 Å². The third-order valence-corrected chi connectivity index (χ3v) is 5.88. The number of rotatable bonds is 4. The van der Waals surface area contributed by atoms with E-state index in [0.29, 0.717) is 18.5 Å². The number of amides is 1. The molecule has 0 saturated heterocycles. The fraction of sp³-hybridized carbons (Fsp3) is 0.533. The minimum absolute atomic E-state index is 0. The van der Waals surface area contributed by atoms with Crippen LogP contribution in [0.1, 0.15) is 32.1 Å². The molecule has 6 nitrogen and oxygen atoms in total. The summed E-state index contributed by atoms with van der Waals surface area (Å²) in [6.07, 6.45) is 4.31. The maximum absolute atomic E-state index is 12.4. The topological polar surface area (TPSA) is 92.5 Å². The molecular weight excluding hydrogens is 338 g/mol. The number of nitrogens with one attached hydrogen (secondary N) is 1. The molecule has 0 heterocycles. The number of hydrogen-bond acceptors (Lipinski definition) is 4. The van der Waals surface area contributed by atoms with Crippen LogP contribution in [0.4, 0.5) is 5.69 Å². The zero-order valence-electron chi connectivity index (χ0n) is 13.4. The van der Waals surface area contributed by atoms with Crippen LogP contribution in [0.25, 0.3) is 0 Å². The molecule has 1 aromatic carbocycles. The molecular formula is C15H24ClN3O3S. The molecule has 1 aliphatic carbocycles. The predicted octanol–water partition coefficient (Wildman–Crippen LogP) is 1.96. The third kappa shape index (κ3) is 4.44. The number of nitrogens with two attached hydrogens (primary N) is 1. The Morgan fingerprint density at radius 1 is 1.22 bits per heavy atom. The first-order chi connectivity index (χ1) is 10.3. The van der Waals surface area contributed by atoms with Crippen molar-refractivity contribution in [1.82, 2.24) is 4.31 Å². The zero-order valence-corrected chi connectivity index (χ0v) is 15.0. The van der Waals surface area contributed by atoms with E-state index in [-0.39, 0.29) is 23.2 Å². The lowest BCUT2D eigenvalue weighted by Crippen LogP contribution is -2.52. The van der Waals surface area contributed by atoms with Gasteiger partial charge in [-0.1, -0.05) is 25.3 Å². The molecule has 0 bridgehead atoms. The Kier molecular flexibility index (Phi) is 6.59. The number of sulfonamides is 1. The number of halogens is 1. The van der Waals surface area contributed by atoms with E-state index in [0.717, 1.165) is 23.6 Å². The van der Waals surface area contributed by atoms with Crippen LogP contribution in [-0.4, -0.2) is 38.3 Å². The average Bonchev–Trinajstić information content (AvgIpc) is 2.48. The molecule has 0 atom stereocenters. The largest absolute Gasteiger partial charge is 0.324 e. The fourth-order valence-corrected chi connectivity index (χ4v) is 3.56. The van der Waals surface area contributed by atoms with Gasteiger partial charge in [-0.3, -0.25) is 4.79 Å².